The number of carbonyl (C=O) groups is 1. The Kier molecular flexibility index (Phi) is 3.89. The zero-order valence-electron chi connectivity index (χ0n) is 12.8. The first-order valence-corrected chi connectivity index (χ1v) is 9.04. The van der Waals surface area contributed by atoms with Gasteiger partial charge in [-0.3, -0.25) is 4.79 Å². The van der Waals surface area contributed by atoms with Gasteiger partial charge in [0.25, 0.3) is 0 Å². The van der Waals surface area contributed by atoms with Gasteiger partial charge in [0.1, 0.15) is 5.82 Å². The highest BCUT2D eigenvalue weighted by molar-refractivity contribution is 7.09. The predicted molar refractivity (Wildman–Crippen MR) is 87.9 cm³/mol. The van der Waals surface area contributed by atoms with Crippen molar-refractivity contribution in [2.45, 2.75) is 31.1 Å². The van der Waals surface area contributed by atoms with Crippen molar-refractivity contribution in [3.8, 4) is 0 Å². The van der Waals surface area contributed by atoms with Crippen molar-refractivity contribution in [1.82, 2.24) is 9.88 Å². The fourth-order valence-corrected chi connectivity index (χ4v) is 4.36. The molecule has 0 bridgehead atoms. The molecule has 1 saturated carbocycles. The Labute approximate surface area is 139 Å². The van der Waals surface area contributed by atoms with E-state index < -0.39 is 0 Å². The molecule has 0 radical (unpaired) electrons. The van der Waals surface area contributed by atoms with Crippen LogP contribution in [0.3, 0.4) is 0 Å². The first-order valence-electron chi connectivity index (χ1n) is 8.16. The molecule has 2 heterocycles. The Bertz CT molecular complexity index is 686. The van der Waals surface area contributed by atoms with E-state index in [1.807, 2.05) is 28.6 Å². The van der Waals surface area contributed by atoms with Crippen LogP contribution in [-0.2, 0) is 4.79 Å². The van der Waals surface area contributed by atoms with Gasteiger partial charge >= 0.3 is 0 Å². The fourth-order valence-electron chi connectivity index (χ4n) is 3.60. The van der Waals surface area contributed by atoms with Crippen LogP contribution in [0.5, 0.6) is 0 Å². The summed E-state index contributed by atoms with van der Waals surface area (Å²) < 4.78 is 13.0. The highest BCUT2D eigenvalue weighted by atomic mass is 32.1. The van der Waals surface area contributed by atoms with Gasteiger partial charge in [-0.15, -0.1) is 11.3 Å². The van der Waals surface area contributed by atoms with Gasteiger partial charge in [-0.1, -0.05) is 12.1 Å². The van der Waals surface area contributed by atoms with Crippen LogP contribution in [0.25, 0.3) is 0 Å². The maximum atomic E-state index is 13.0. The molecule has 1 aliphatic carbocycles. The molecule has 1 aromatic heterocycles. The van der Waals surface area contributed by atoms with E-state index in [9.17, 15) is 9.18 Å². The van der Waals surface area contributed by atoms with Crippen LogP contribution >= 0.6 is 11.3 Å². The van der Waals surface area contributed by atoms with Crippen LogP contribution in [0.1, 0.15) is 41.7 Å². The van der Waals surface area contributed by atoms with E-state index in [0.29, 0.717) is 5.92 Å². The van der Waals surface area contributed by atoms with Crippen molar-refractivity contribution in [2.75, 3.05) is 13.1 Å². The maximum Gasteiger partial charge on any atom is 0.226 e. The number of halogens is 1. The van der Waals surface area contributed by atoms with Crippen molar-refractivity contribution in [3.63, 3.8) is 0 Å². The van der Waals surface area contributed by atoms with Crippen LogP contribution in [0.2, 0.25) is 0 Å². The highest BCUT2D eigenvalue weighted by Crippen LogP contribution is 2.49. The molecule has 3 nitrogen and oxygen atoms in total. The number of hydrogen-bond donors (Lipinski definition) is 0. The first-order chi connectivity index (χ1) is 11.2. The molecule has 1 aromatic carbocycles. The monoisotopic (exact) mass is 330 g/mol. The van der Waals surface area contributed by atoms with E-state index >= 15 is 0 Å². The van der Waals surface area contributed by atoms with Crippen molar-refractivity contribution in [1.29, 1.82) is 0 Å². The lowest BCUT2D eigenvalue weighted by Crippen LogP contribution is -2.40. The molecule has 1 saturated heterocycles. The minimum Gasteiger partial charge on any atom is -0.342 e. The number of benzene rings is 1. The van der Waals surface area contributed by atoms with Gasteiger partial charge in [0.05, 0.1) is 5.01 Å². The van der Waals surface area contributed by atoms with Crippen LogP contribution in [0, 0.1) is 11.7 Å². The second kappa shape index (κ2) is 6.04. The average Bonchev–Trinajstić information content (AvgIpc) is 3.18. The molecule has 5 heteroatoms. The van der Waals surface area contributed by atoms with Gasteiger partial charge in [0, 0.05) is 36.5 Å². The van der Waals surface area contributed by atoms with Crippen molar-refractivity contribution in [2.24, 2.45) is 5.92 Å². The number of aromatic nitrogens is 1. The summed E-state index contributed by atoms with van der Waals surface area (Å²) in [6, 6.07) is 6.58. The van der Waals surface area contributed by atoms with Crippen LogP contribution in [0.4, 0.5) is 4.39 Å². The SMILES string of the molecule is O=C([C@@H]1C[C@H]1c1ccc(F)cc1)N1CCC[C@@H](c2nccs2)C1. The molecule has 3 atom stereocenters. The lowest BCUT2D eigenvalue weighted by atomic mass is 9.98. The summed E-state index contributed by atoms with van der Waals surface area (Å²) >= 11 is 1.68. The van der Waals surface area contributed by atoms with Crippen LogP contribution in [-0.4, -0.2) is 28.9 Å². The summed E-state index contributed by atoms with van der Waals surface area (Å²) in [6.45, 7) is 1.65. The quantitative estimate of drug-likeness (QED) is 0.858. The Morgan fingerprint density at radius 1 is 1.30 bits per heavy atom. The third kappa shape index (κ3) is 3.02. The lowest BCUT2D eigenvalue weighted by molar-refractivity contribution is -0.133. The smallest absolute Gasteiger partial charge is 0.226 e. The van der Waals surface area contributed by atoms with E-state index in [4.69, 9.17) is 0 Å². The predicted octanol–water partition coefficient (Wildman–Crippen LogP) is 3.79. The molecule has 2 fully saturated rings. The van der Waals surface area contributed by atoms with Crippen molar-refractivity contribution in [3.05, 3.63) is 52.2 Å². The van der Waals surface area contributed by atoms with Gasteiger partial charge in [-0.25, -0.2) is 9.37 Å². The Morgan fingerprint density at radius 2 is 2.13 bits per heavy atom. The highest BCUT2D eigenvalue weighted by Gasteiger charge is 2.46. The van der Waals surface area contributed by atoms with Crippen molar-refractivity contribution < 1.29 is 9.18 Å². The van der Waals surface area contributed by atoms with Crippen LogP contribution < -0.4 is 0 Å². The number of likely N-dealkylation sites (tertiary alicyclic amines) is 1. The number of amides is 1. The second-order valence-corrected chi connectivity index (χ2v) is 7.42. The number of carbonyl (C=O) groups excluding carboxylic acids is 1. The summed E-state index contributed by atoms with van der Waals surface area (Å²) in [7, 11) is 0. The van der Waals surface area contributed by atoms with E-state index in [0.717, 1.165) is 42.9 Å². The number of nitrogens with zero attached hydrogens (tertiary/aromatic N) is 2. The molecule has 1 amide bonds. The van der Waals surface area contributed by atoms with Gasteiger partial charge in [0.2, 0.25) is 5.91 Å². The van der Waals surface area contributed by atoms with Gasteiger partial charge in [0.15, 0.2) is 0 Å². The number of hydrogen-bond acceptors (Lipinski definition) is 3. The molecule has 23 heavy (non-hydrogen) atoms. The summed E-state index contributed by atoms with van der Waals surface area (Å²) in [5.41, 5.74) is 1.08. The summed E-state index contributed by atoms with van der Waals surface area (Å²) in [6.07, 6.45) is 4.89. The van der Waals surface area contributed by atoms with E-state index in [1.165, 1.54) is 12.1 Å². The molecule has 0 unspecified atom stereocenters. The molecule has 0 N–H and O–H groups in total. The Morgan fingerprint density at radius 3 is 2.87 bits per heavy atom. The number of piperidine rings is 1. The number of thiazole rings is 1. The second-order valence-electron chi connectivity index (χ2n) is 6.49. The third-order valence-corrected chi connectivity index (χ3v) is 5.88. The molecular formula is C18H19FN2OS. The van der Waals surface area contributed by atoms with E-state index in [1.54, 1.807) is 11.3 Å². The van der Waals surface area contributed by atoms with Gasteiger partial charge in [-0.2, -0.15) is 0 Å². The molecule has 2 aromatic rings. The minimum atomic E-state index is -0.223. The number of rotatable bonds is 3. The van der Waals surface area contributed by atoms with E-state index in [-0.39, 0.29) is 23.6 Å². The maximum absolute atomic E-state index is 13.0. The van der Waals surface area contributed by atoms with Crippen LogP contribution in [0.15, 0.2) is 35.8 Å². The molecule has 120 valence electrons. The van der Waals surface area contributed by atoms with Gasteiger partial charge in [-0.05, 0) is 42.9 Å². The normalized spacial score (nSPS) is 27.0. The van der Waals surface area contributed by atoms with Crippen molar-refractivity contribution >= 4 is 17.2 Å². The minimum absolute atomic E-state index is 0.0792. The molecule has 4 rings (SSSR count). The molecule has 0 spiro atoms. The zero-order chi connectivity index (χ0) is 15.8. The molecule has 1 aliphatic heterocycles. The Hall–Kier alpha value is -1.75. The summed E-state index contributed by atoms with van der Waals surface area (Å²) in [4.78, 5) is 19.2. The topological polar surface area (TPSA) is 33.2 Å². The Balaban J connectivity index is 1.40. The lowest BCUT2D eigenvalue weighted by Gasteiger charge is -2.32. The van der Waals surface area contributed by atoms with E-state index in [2.05, 4.69) is 4.98 Å². The summed E-state index contributed by atoms with van der Waals surface area (Å²) in [5.74, 6) is 0.773. The third-order valence-electron chi connectivity index (χ3n) is 4.94. The zero-order valence-corrected chi connectivity index (χ0v) is 13.6. The fraction of sp³-hybridized carbons (Fsp3) is 0.444. The largest absolute Gasteiger partial charge is 0.342 e. The molecule has 2 aliphatic rings. The molecular weight excluding hydrogens is 311 g/mol. The average molecular weight is 330 g/mol. The first kappa shape index (κ1) is 14.8. The standard InChI is InChI=1S/C18H19FN2OS/c19-14-5-3-12(4-6-14)15-10-16(15)18(22)21-8-1-2-13(11-21)17-20-7-9-23-17/h3-7,9,13,15-16H,1-2,8,10-11H2/t13-,15+,16-/m1/s1. The summed E-state index contributed by atoms with van der Waals surface area (Å²) in [5, 5.41) is 3.15. The van der Waals surface area contributed by atoms with Gasteiger partial charge < -0.3 is 4.90 Å².